The van der Waals surface area contributed by atoms with Gasteiger partial charge in [0.25, 0.3) is 0 Å². The SMILES string of the molecule is CC/C(=C\c1ccccc1)C1CC1N[C@H]1CC[C@H](NCc2ccc(C(=O)O)nc2)CC1. The Bertz CT molecular complexity index is 887. The van der Waals surface area contributed by atoms with Crippen molar-refractivity contribution in [2.45, 2.75) is 70.1 Å². The van der Waals surface area contributed by atoms with Crippen LogP contribution in [0, 0.1) is 5.92 Å². The topological polar surface area (TPSA) is 74.2 Å². The van der Waals surface area contributed by atoms with Crippen molar-refractivity contribution in [3.63, 3.8) is 0 Å². The molecule has 0 spiro atoms. The zero-order valence-corrected chi connectivity index (χ0v) is 18.3. The molecule has 2 atom stereocenters. The molecular formula is C26H33N3O2. The summed E-state index contributed by atoms with van der Waals surface area (Å²) in [6.07, 6.45) is 11.2. The summed E-state index contributed by atoms with van der Waals surface area (Å²) in [4.78, 5) is 14.9. The number of rotatable bonds is 9. The van der Waals surface area contributed by atoms with Gasteiger partial charge in [-0.2, -0.15) is 0 Å². The van der Waals surface area contributed by atoms with Gasteiger partial charge in [-0.3, -0.25) is 0 Å². The zero-order valence-electron chi connectivity index (χ0n) is 18.3. The Kier molecular flexibility index (Phi) is 7.15. The highest BCUT2D eigenvalue weighted by molar-refractivity contribution is 5.85. The number of benzene rings is 1. The lowest BCUT2D eigenvalue weighted by molar-refractivity contribution is 0.0690. The minimum Gasteiger partial charge on any atom is -0.477 e. The average molecular weight is 420 g/mol. The molecule has 2 unspecified atom stereocenters. The molecule has 31 heavy (non-hydrogen) atoms. The molecule has 3 N–H and O–H groups in total. The van der Waals surface area contributed by atoms with Gasteiger partial charge in [0.15, 0.2) is 0 Å². The molecule has 5 nitrogen and oxygen atoms in total. The van der Waals surface area contributed by atoms with E-state index in [4.69, 9.17) is 5.11 Å². The quantitative estimate of drug-likeness (QED) is 0.552. The zero-order chi connectivity index (χ0) is 21.6. The number of carboxylic acid groups (broad SMARTS) is 1. The molecule has 2 aliphatic rings. The van der Waals surface area contributed by atoms with Gasteiger partial charge in [-0.05, 0) is 61.6 Å². The Morgan fingerprint density at radius 1 is 1.10 bits per heavy atom. The summed E-state index contributed by atoms with van der Waals surface area (Å²) >= 11 is 0. The van der Waals surface area contributed by atoms with E-state index < -0.39 is 5.97 Å². The van der Waals surface area contributed by atoms with Crippen molar-refractivity contribution in [1.82, 2.24) is 15.6 Å². The first-order valence-electron chi connectivity index (χ1n) is 11.6. The van der Waals surface area contributed by atoms with Crippen molar-refractivity contribution in [3.05, 3.63) is 71.1 Å². The number of carbonyl (C=O) groups is 1. The molecule has 0 amide bonds. The van der Waals surface area contributed by atoms with E-state index in [0.717, 1.165) is 18.5 Å². The van der Waals surface area contributed by atoms with Crippen LogP contribution in [-0.4, -0.2) is 34.2 Å². The smallest absolute Gasteiger partial charge is 0.354 e. The largest absolute Gasteiger partial charge is 0.477 e. The average Bonchev–Trinajstić information content (AvgIpc) is 3.56. The molecular weight excluding hydrogens is 386 g/mol. The van der Waals surface area contributed by atoms with Crippen molar-refractivity contribution >= 4 is 12.0 Å². The van der Waals surface area contributed by atoms with Crippen LogP contribution >= 0.6 is 0 Å². The molecule has 0 aliphatic heterocycles. The van der Waals surface area contributed by atoms with E-state index in [1.807, 2.05) is 6.07 Å². The third-order valence-corrected chi connectivity index (χ3v) is 6.64. The molecule has 2 fully saturated rings. The minimum absolute atomic E-state index is 0.0959. The molecule has 5 heteroatoms. The third-order valence-electron chi connectivity index (χ3n) is 6.64. The van der Waals surface area contributed by atoms with Crippen LogP contribution in [0.4, 0.5) is 0 Å². The second kappa shape index (κ2) is 10.2. The van der Waals surface area contributed by atoms with E-state index in [9.17, 15) is 4.79 Å². The van der Waals surface area contributed by atoms with Gasteiger partial charge < -0.3 is 15.7 Å². The summed E-state index contributed by atoms with van der Waals surface area (Å²) < 4.78 is 0. The Labute approximate surface area is 185 Å². The van der Waals surface area contributed by atoms with Gasteiger partial charge in [0.05, 0.1) is 0 Å². The number of aromatic carboxylic acids is 1. The summed E-state index contributed by atoms with van der Waals surface area (Å²) in [7, 11) is 0. The van der Waals surface area contributed by atoms with E-state index in [-0.39, 0.29) is 5.69 Å². The van der Waals surface area contributed by atoms with Gasteiger partial charge in [-0.15, -0.1) is 0 Å². The molecule has 0 radical (unpaired) electrons. The maximum absolute atomic E-state index is 10.9. The maximum atomic E-state index is 10.9. The summed E-state index contributed by atoms with van der Waals surface area (Å²) in [6.45, 7) is 3.01. The Hall–Kier alpha value is -2.50. The van der Waals surface area contributed by atoms with Crippen LogP contribution in [0.15, 0.2) is 54.2 Å². The molecule has 4 rings (SSSR count). The fourth-order valence-corrected chi connectivity index (χ4v) is 4.71. The van der Waals surface area contributed by atoms with E-state index >= 15 is 0 Å². The lowest BCUT2D eigenvalue weighted by atomic mass is 9.91. The second-order valence-electron chi connectivity index (χ2n) is 8.89. The lowest BCUT2D eigenvalue weighted by Gasteiger charge is -2.30. The standard InChI is InChI=1S/C26H33N3O2/c1-2-20(14-18-6-4-3-5-7-18)23-15-25(23)29-22-11-9-21(10-12-22)27-16-19-8-13-24(26(30)31)28-17-19/h3-8,13-14,17,21-23,25,27,29H,2,9-12,15-16H2,1H3,(H,30,31)/b20-14+/t21-,22-,23?,25?. The lowest BCUT2D eigenvalue weighted by Crippen LogP contribution is -2.40. The predicted octanol–water partition coefficient (Wildman–Crippen LogP) is 4.65. The summed E-state index contributed by atoms with van der Waals surface area (Å²) in [5.74, 6) is -0.285. The van der Waals surface area contributed by atoms with Crippen LogP contribution in [-0.2, 0) is 6.54 Å². The summed E-state index contributed by atoms with van der Waals surface area (Å²) in [5, 5.41) is 16.5. The highest BCUT2D eigenvalue weighted by atomic mass is 16.4. The first kappa shape index (κ1) is 21.7. The predicted molar refractivity (Wildman–Crippen MR) is 124 cm³/mol. The van der Waals surface area contributed by atoms with Crippen molar-refractivity contribution in [2.75, 3.05) is 0 Å². The molecule has 164 valence electrons. The minimum atomic E-state index is -0.982. The molecule has 0 bridgehead atoms. The highest BCUT2D eigenvalue weighted by Crippen LogP contribution is 2.40. The van der Waals surface area contributed by atoms with Gasteiger partial charge >= 0.3 is 5.97 Å². The number of pyridine rings is 1. The van der Waals surface area contributed by atoms with Crippen LogP contribution in [0.5, 0.6) is 0 Å². The Morgan fingerprint density at radius 2 is 1.84 bits per heavy atom. The fraction of sp³-hybridized carbons (Fsp3) is 0.462. The summed E-state index contributed by atoms with van der Waals surface area (Å²) in [5.41, 5.74) is 4.01. The van der Waals surface area contributed by atoms with Crippen LogP contribution in [0.25, 0.3) is 6.08 Å². The van der Waals surface area contributed by atoms with Crippen LogP contribution in [0.2, 0.25) is 0 Å². The Balaban J connectivity index is 1.18. The van der Waals surface area contributed by atoms with Crippen molar-refractivity contribution in [2.24, 2.45) is 5.92 Å². The third kappa shape index (κ3) is 6.02. The first-order valence-corrected chi connectivity index (χ1v) is 11.6. The maximum Gasteiger partial charge on any atom is 0.354 e. The van der Waals surface area contributed by atoms with Gasteiger partial charge in [0.2, 0.25) is 0 Å². The monoisotopic (exact) mass is 419 g/mol. The number of hydrogen-bond acceptors (Lipinski definition) is 4. The first-order chi connectivity index (χ1) is 15.1. The van der Waals surface area contributed by atoms with E-state index in [1.54, 1.807) is 17.8 Å². The highest BCUT2D eigenvalue weighted by Gasteiger charge is 2.40. The summed E-state index contributed by atoms with van der Waals surface area (Å²) in [6, 6.07) is 15.9. The number of nitrogens with zero attached hydrogens (tertiary/aromatic N) is 1. The van der Waals surface area contributed by atoms with Gasteiger partial charge in [-0.1, -0.05) is 55.0 Å². The molecule has 1 aromatic carbocycles. The van der Waals surface area contributed by atoms with Gasteiger partial charge in [0.1, 0.15) is 5.69 Å². The number of nitrogens with one attached hydrogen (secondary N) is 2. The second-order valence-corrected chi connectivity index (χ2v) is 8.89. The van der Waals surface area contributed by atoms with Gasteiger partial charge in [-0.25, -0.2) is 9.78 Å². The number of hydrogen-bond donors (Lipinski definition) is 3. The number of carboxylic acids is 1. The molecule has 1 heterocycles. The fourth-order valence-electron chi connectivity index (χ4n) is 4.71. The molecule has 0 saturated heterocycles. The molecule has 2 aliphatic carbocycles. The van der Waals surface area contributed by atoms with Gasteiger partial charge in [0, 0.05) is 30.9 Å². The molecule has 1 aromatic heterocycles. The van der Waals surface area contributed by atoms with E-state index in [2.05, 4.69) is 58.9 Å². The van der Waals surface area contributed by atoms with Crippen molar-refractivity contribution in [1.29, 1.82) is 0 Å². The Morgan fingerprint density at radius 3 is 2.48 bits per heavy atom. The van der Waals surface area contributed by atoms with E-state index in [0.29, 0.717) is 24.0 Å². The van der Waals surface area contributed by atoms with Crippen LogP contribution in [0.1, 0.15) is 67.1 Å². The molecule has 2 aromatic rings. The van der Waals surface area contributed by atoms with E-state index in [1.165, 1.54) is 37.7 Å². The van der Waals surface area contributed by atoms with Crippen LogP contribution in [0.3, 0.4) is 0 Å². The van der Waals surface area contributed by atoms with Crippen molar-refractivity contribution < 1.29 is 9.90 Å². The van der Waals surface area contributed by atoms with Crippen LogP contribution < -0.4 is 10.6 Å². The van der Waals surface area contributed by atoms with Crippen molar-refractivity contribution in [3.8, 4) is 0 Å². The normalized spacial score (nSPS) is 25.9. The molecule has 2 saturated carbocycles. The number of aromatic nitrogens is 1.